The fourth-order valence-corrected chi connectivity index (χ4v) is 14.5. The summed E-state index contributed by atoms with van der Waals surface area (Å²) >= 11 is 0. The maximum atomic E-state index is 12.9. The summed E-state index contributed by atoms with van der Waals surface area (Å²) in [6, 6.07) is 24.8. The van der Waals surface area contributed by atoms with Crippen molar-refractivity contribution in [2.45, 2.75) is 134 Å². The number of likely N-dealkylation sites (tertiary alicyclic amines) is 1. The Morgan fingerprint density at radius 3 is 1.63 bits per heavy atom. The van der Waals surface area contributed by atoms with Gasteiger partial charge in [0, 0.05) is 109 Å². The molecule has 12 rings (SSSR count). The van der Waals surface area contributed by atoms with Crippen molar-refractivity contribution >= 4 is 35.2 Å². The maximum absolute atomic E-state index is 12.9. The quantitative estimate of drug-likeness (QED) is 0.110. The number of pyridine rings is 2. The molecule has 3 saturated carbocycles. The molecular weight excluding hydrogens is 1010 g/mol. The lowest BCUT2D eigenvalue weighted by molar-refractivity contribution is -0.126. The number of piperidine rings is 1. The highest BCUT2D eigenvalue weighted by molar-refractivity contribution is 5.79. The van der Waals surface area contributed by atoms with E-state index in [4.69, 9.17) is 23.9 Å². The third kappa shape index (κ3) is 14.7. The van der Waals surface area contributed by atoms with Gasteiger partial charge >= 0.3 is 6.03 Å². The van der Waals surface area contributed by atoms with E-state index in [2.05, 4.69) is 107 Å². The second-order valence-electron chi connectivity index (χ2n) is 25.1. The number of benzene rings is 1. The Balaban J connectivity index is 0.652. The number of anilines is 4. The summed E-state index contributed by atoms with van der Waals surface area (Å²) in [6.07, 6.45) is 20.9. The lowest BCUT2D eigenvalue weighted by atomic mass is 9.83. The van der Waals surface area contributed by atoms with E-state index in [1.54, 1.807) is 0 Å². The zero-order chi connectivity index (χ0) is 54.7. The Bertz CT molecular complexity index is 2620. The zero-order valence-electron chi connectivity index (χ0n) is 48.5. The SMILES string of the molecule is O=C(N[C@H]1CC[C@H](CCN2CCN(c3cc(-c4ccccc4)cc(N4CCOC(c5ccc(-c6cc(N7CCOCC7)nc(N7CCN(CC[C@H]8CC[C@H](NC(=O)N9CCCCC9)CC8)CC7)c6)o5)C4)n3)CC2)CC1)C1CCCCC1. The standard InChI is InChI=1S/C65H93N11O5/c77-64(52-12-6-2-7-13-52)66-55-18-14-49(15-19-55)24-28-70-30-34-72(35-31-70)60-44-53(51-10-4-1-5-11-51)45-63(69-60)76-40-43-80-59(48-76)58-23-22-57(81-58)54-46-61(68-62(47-54)74-38-41-79-42-39-74)73-36-32-71(33-37-73)29-25-50-16-20-56(21-17-50)67-65(78)75-26-8-3-9-27-75/h1,4-5,10-11,22-23,44-47,49-50,52,55-56,59H,2-3,6-9,12-21,24-43,48H2,(H,66,77)(H,67,78)/t49-,50-,55-,56-,59?. The average Bonchev–Trinajstić information content (AvgIpc) is 4.07. The zero-order valence-corrected chi connectivity index (χ0v) is 48.5. The molecule has 2 N–H and O–H groups in total. The number of furan rings is 1. The maximum Gasteiger partial charge on any atom is 0.317 e. The van der Waals surface area contributed by atoms with E-state index in [1.165, 1.54) is 75.3 Å². The monoisotopic (exact) mass is 1110 g/mol. The number of hydrogen-bond donors (Lipinski definition) is 2. The molecule has 3 aromatic heterocycles. The second-order valence-corrected chi connectivity index (χ2v) is 25.1. The molecule has 3 aliphatic carbocycles. The summed E-state index contributed by atoms with van der Waals surface area (Å²) in [5.74, 6) is 7.72. The number of morpholine rings is 2. The number of carbonyl (C=O) groups is 2. The van der Waals surface area contributed by atoms with Gasteiger partial charge in [-0.3, -0.25) is 14.6 Å². The average molecular weight is 1110 g/mol. The number of nitrogens with zero attached hydrogens (tertiary/aromatic N) is 9. The number of piperazine rings is 2. The van der Waals surface area contributed by atoms with Gasteiger partial charge in [-0.2, -0.15) is 0 Å². The van der Waals surface area contributed by atoms with Gasteiger partial charge in [-0.1, -0.05) is 49.6 Å². The van der Waals surface area contributed by atoms with Crippen LogP contribution in [0.4, 0.5) is 28.1 Å². The molecule has 16 heteroatoms. The van der Waals surface area contributed by atoms with Crippen molar-refractivity contribution in [3.05, 3.63) is 72.5 Å². The van der Waals surface area contributed by atoms with Crippen LogP contribution in [0.25, 0.3) is 22.5 Å². The third-order valence-corrected chi connectivity index (χ3v) is 19.7. The number of carbonyl (C=O) groups excluding carboxylic acids is 2. The lowest BCUT2D eigenvalue weighted by Crippen LogP contribution is -2.48. The number of hydrogen-bond acceptors (Lipinski definition) is 13. The van der Waals surface area contributed by atoms with Gasteiger partial charge < -0.3 is 49.0 Å². The van der Waals surface area contributed by atoms with E-state index in [-0.39, 0.29) is 18.1 Å². The van der Waals surface area contributed by atoms with E-state index in [0.29, 0.717) is 44.4 Å². The van der Waals surface area contributed by atoms with E-state index in [0.717, 1.165) is 202 Å². The Labute approximate surface area is 482 Å². The van der Waals surface area contributed by atoms with Gasteiger partial charge in [0.25, 0.3) is 0 Å². The van der Waals surface area contributed by atoms with Crippen LogP contribution in [0.5, 0.6) is 0 Å². The van der Waals surface area contributed by atoms with E-state index >= 15 is 0 Å². The molecule has 5 saturated heterocycles. The van der Waals surface area contributed by atoms with Crippen LogP contribution in [0, 0.1) is 17.8 Å². The fraction of sp³-hybridized carbons (Fsp3) is 0.662. The predicted molar refractivity (Wildman–Crippen MR) is 322 cm³/mol. The Morgan fingerprint density at radius 1 is 0.494 bits per heavy atom. The first-order valence-corrected chi connectivity index (χ1v) is 32.1. The van der Waals surface area contributed by atoms with Crippen molar-refractivity contribution in [2.75, 3.05) is 144 Å². The van der Waals surface area contributed by atoms with Crippen LogP contribution >= 0.6 is 0 Å². The summed E-state index contributed by atoms with van der Waals surface area (Å²) < 4.78 is 19.1. The highest BCUT2D eigenvalue weighted by Gasteiger charge is 2.32. The molecule has 5 aliphatic heterocycles. The molecule has 0 bridgehead atoms. The summed E-state index contributed by atoms with van der Waals surface area (Å²) in [4.78, 5) is 53.5. The van der Waals surface area contributed by atoms with Crippen molar-refractivity contribution in [1.29, 1.82) is 0 Å². The molecule has 1 atom stereocenters. The molecule has 81 heavy (non-hydrogen) atoms. The Morgan fingerprint density at radius 2 is 1.02 bits per heavy atom. The lowest BCUT2D eigenvalue weighted by Gasteiger charge is -2.38. The van der Waals surface area contributed by atoms with Crippen molar-refractivity contribution in [3.8, 4) is 22.5 Å². The van der Waals surface area contributed by atoms with Crippen LogP contribution < -0.4 is 30.2 Å². The van der Waals surface area contributed by atoms with Gasteiger partial charge in [0.2, 0.25) is 5.91 Å². The van der Waals surface area contributed by atoms with Crippen molar-refractivity contribution < 1.29 is 23.5 Å². The van der Waals surface area contributed by atoms with Gasteiger partial charge in [-0.15, -0.1) is 0 Å². The molecule has 16 nitrogen and oxygen atoms in total. The Hall–Kier alpha value is -5.42. The minimum atomic E-state index is -0.245. The number of urea groups is 1. The molecule has 438 valence electrons. The fourth-order valence-electron chi connectivity index (χ4n) is 14.5. The highest BCUT2D eigenvalue weighted by atomic mass is 16.5. The van der Waals surface area contributed by atoms with Crippen LogP contribution in [-0.2, 0) is 14.3 Å². The molecule has 0 spiro atoms. The Kier molecular flexibility index (Phi) is 18.9. The highest BCUT2D eigenvalue weighted by Crippen LogP contribution is 2.37. The summed E-state index contributed by atoms with van der Waals surface area (Å²) in [7, 11) is 0. The molecule has 0 radical (unpaired) electrons. The van der Waals surface area contributed by atoms with Gasteiger partial charge in [0.1, 0.15) is 40.9 Å². The van der Waals surface area contributed by atoms with Gasteiger partial charge in [-0.25, -0.2) is 14.8 Å². The van der Waals surface area contributed by atoms with Gasteiger partial charge in [-0.05, 0) is 169 Å². The van der Waals surface area contributed by atoms with Crippen LogP contribution in [0.3, 0.4) is 0 Å². The van der Waals surface area contributed by atoms with Gasteiger partial charge in [0.15, 0.2) is 0 Å². The second kappa shape index (κ2) is 27.3. The van der Waals surface area contributed by atoms with Crippen LogP contribution in [0.2, 0.25) is 0 Å². The molecular formula is C65H93N11O5. The minimum absolute atomic E-state index is 0.158. The topological polar surface area (TPSA) is 138 Å². The normalized spacial score (nSPS) is 25.9. The first-order valence-electron chi connectivity index (χ1n) is 32.1. The summed E-state index contributed by atoms with van der Waals surface area (Å²) in [5, 5.41) is 6.80. The molecule has 1 aromatic carbocycles. The summed E-state index contributed by atoms with van der Waals surface area (Å²) in [6.45, 7) is 17.0. The van der Waals surface area contributed by atoms with Crippen molar-refractivity contribution in [1.82, 2.24) is 35.3 Å². The number of nitrogens with one attached hydrogen (secondary N) is 2. The largest absolute Gasteiger partial charge is 0.458 e. The number of rotatable bonds is 16. The van der Waals surface area contributed by atoms with E-state index < -0.39 is 0 Å². The number of ether oxygens (including phenoxy) is 2. The smallest absolute Gasteiger partial charge is 0.317 e. The first-order chi connectivity index (χ1) is 39.9. The third-order valence-electron chi connectivity index (χ3n) is 19.7. The molecule has 8 heterocycles. The van der Waals surface area contributed by atoms with Gasteiger partial charge in [0.05, 0.1) is 26.4 Å². The van der Waals surface area contributed by atoms with Crippen LogP contribution in [-0.4, -0.2) is 173 Å². The van der Waals surface area contributed by atoms with Crippen molar-refractivity contribution in [3.63, 3.8) is 0 Å². The van der Waals surface area contributed by atoms with Crippen molar-refractivity contribution in [2.24, 2.45) is 17.8 Å². The molecule has 4 aromatic rings. The summed E-state index contributed by atoms with van der Waals surface area (Å²) in [5.41, 5.74) is 3.41. The molecule has 3 amide bonds. The minimum Gasteiger partial charge on any atom is -0.458 e. The van der Waals surface area contributed by atoms with Crippen LogP contribution in [0.1, 0.15) is 127 Å². The first kappa shape index (κ1) is 56.1. The number of aromatic nitrogens is 2. The predicted octanol–water partition coefficient (Wildman–Crippen LogP) is 9.85. The molecule has 1 unspecified atom stereocenters. The number of amides is 3. The molecule has 8 fully saturated rings. The van der Waals surface area contributed by atoms with E-state index in [9.17, 15) is 9.59 Å². The van der Waals surface area contributed by atoms with Crippen LogP contribution in [0.15, 0.2) is 71.1 Å². The van der Waals surface area contributed by atoms with E-state index in [1.807, 2.05) is 4.90 Å². The molecule has 8 aliphatic rings.